The van der Waals surface area contributed by atoms with Crippen molar-refractivity contribution in [1.82, 2.24) is 10.3 Å². The molecule has 2 aromatic rings. The van der Waals surface area contributed by atoms with Crippen molar-refractivity contribution in [2.75, 3.05) is 7.11 Å². The van der Waals surface area contributed by atoms with Crippen LogP contribution in [0.15, 0.2) is 48.7 Å². The van der Waals surface area contributed by atoms with Gasteiger partial charge in [0, 0.05) is 12.2 Å². The number of methoxy groups -OCH3 is 1. The first kappa shape index (κ1) is 16.0. The van der Waals surface area contributed by atoms with Crippen molar-refractivity contribution in [3.05, 3.63) is 59.9 Å². The average molecular weight is 298 g/mol. The molecule has 2 atom stereocenters. The molecule has 1 amide bonds. The zero-order valence-electron chi connectivity index (χ0n) is 13.2. The third kappa shape index (κ3) is 3.85. The maximum absolute atomic E-state index is 12.7. The van der Waals surface area contributed by atoms with Crippen molar-refractivity contribution in [1.29, 1.82) is 0 Å². The summed E-state index contributed by atoms with van der Waals surface area (Å²) in [5, 5.41) is 3.05. The van der Waals surface area contributed by atoms with Crippen LogP contribution in [0.3, 0.4) is 0 Å². The molecule has 1 heterocycles. The number of rotatable bonds is 6. The average Bonchev–Trinajstić information content (AvgIpc) is 2.56. The van der Waals surface area contributed by atoms with Crippen molar-refractivity contribution < 1.29 is 9.53 Å². The fraction of sp³-hybridized carbons (Fsp3) is 0.333. The summed E-state index contributed by atoms with van der Waals surface area (Å²) in [5.74, 6) is 0.324. The Hall–Kier alpha value is -2.36. The molecule has 2 rings (SSSR count). The largest absolute Gasteiger partial charge is 0.497 e. The third-order valence-electron chi connectivity index (χ3n) is 3.70. The lowest BCUT2D eigenvalue weighted by Crippen LogP contribution is -2.36. The monoisotopic (exact) mass is 298 g/mol. The summed E-state index contributed by atoms with van der Waals surface area (Å²) in [5.41, 5.74) is 1.65. The molecule has 0 spiro atoms. The topological polar surface area (TPSA) is 51.2 Å². The fourth-order valence-corrected chi connectivity index (χ4v) is 2.23. The Kier molecular flexibility index (Phi) is 5.53. The van der Waals surface area contributed by atoms with E-state index in [2.05, 4.69) is 10.3 Å². The highest BCUT2D eigenvalue weighted by atomic mass is 16.5. The molecule has 0 aliphatic heterocycles. The maximum atomic E-state index is 12.7. The second-order valence-corrected chi connectivity index (χ2v) is 5.28. The number of pyridine rings is 1. The molecule has 22 heavy (non-hydrogen) atoms. The standard InChI is InChI=1S/C18H22N2O2/c1-4-13(2)20-18(21)17(16-7-5-6-12-19-16)14-8-10-15(22-3)11-9-14/h5-13,17H,4H2,1-3H3,(H,20,21). The minimum atomic E-state index is -0.416. The molecule has 0 fully saturated rings. The first-order chi connectivity index (χ1) is 10.7. The highest BCUT2D eigenvalue weighted by Gasteiger charge is 2.24. The summed E-state index contributed by atoms with van der Waals surface area (Å²) >= 11 is 0. The Bertz CT molecular complexity index is 596. The summed E-state index contributed by atoms with van der Waals surface area (Å²) in [6.07, 6.45) is 2.60. The van der Waals surface area contributed by atoms with Gasteiger partial charge in [-0.1, -0.05) is 25.1 Å². The normalized spacial score (nSPS) is 13.2. The Balaban J connectivity index is 2.34. The van der Waals surface area contributed by atoms with Crippen LogP contribution in [0.5, 0.6) is 5.75 Å². The van der Waals surface area contributed by atoms with Gasteiger partial charge in [0.05, 0.1) is 12.8 Å². The molecule has 0 aliphatic rings. The van der Waals surface area contributed by atoms with Gasteiger partial charge in [-0.05, 0) is 43.2 Å². The minimum Gasteiger partial charge on any atom is -0.497 e. The van der Waals surface area contributed by atoms with Crippen LogP contribution in [0.4, 0.5) is 0 Å². The third-order valence-corrected chi connectivity index (χ3v) is 3.70. The lowest BCUT2D eigenvalue weighted by atomic mass is 9.93. The molecule has 1 aromatic heterocycles. The van der Waals surface area contributed by atoms with E-state index in [-0.39, 0.29) is 11.9 Å². The van der Waals surface area contributed by atoms with Crippen LogP contribution in [0, 0.1) is 0 Å². The summed E-state index contributed by atoms with van der Waals surface area (Å²) in [4.78, 5) is 17.0. The second kappa shape index (κ2) is 7.59. The van der Waals surface area contributed by atoms with Crippen molar-refractivity contribution in [2.45, 2.75) is 32.2 Å². The number of nitrogens with one attached hydrogen (secondary N) is 1. The van der Waals surface area contributed by atoms with E-state index in [4.69, 9.17) is 4.74 Å². The number of aromatic nitrogens is 1. The van der Waals surface area contributed by atoms with Crippen LogP contribution in [-0.2, 0) is 4.79 Å². The van der Waals surface area contributed by atoms with Gasteiger partial charge in [-0.2, -0.15) is 0 Å². The molecule has 1 aromatic carbocycles. The maximum Gasteiger partial charge on any atom is 0.233 e. The van der Waals surface area contributed by atoms with Gasteiger partial charge in [0.1, 0.15) is 11.7 Å². The number of hydrogen-bond donors (Lipinski definition) is 1. The van der Waals surface area contributed by atoms with Gasteiger partial charge in [0.2, 0.25) is 5.91 Å². The summed E-state index contributed by atoms with van der Waals surface area (Å²) in [6.45, 7) is 4.05. The van der Waals surface area contributed by atoms with E-state index in [1.807, 2.05) is 56.3 Å². The molecular weight excluding hydrogens is 276 g/mol. The van der Waals surface area contributed by atoms with E-state index in [9.17, 15) is 4.79 Å². The van der Waals surface area contributed by atoms with Crippen LogP contribution < -0.4 is 10.1 Å². The smallest absolute Gasteiger partial charge is 0.233 e. The first-order valence-corrected chi connectivity index (χ1v) is 7.51. The van der Waals surface area contributed by atoms with Crippen molar-refractivity contribution in [3.8, 4) is 5.75 Å². The summed E-state index contributed by atoms with van der Waals surface area (Å²) < 4.78 is 5.18. The number of carbonyl (C=O) groups excluding carboxylic acids is 1. The van der Waals surface area contributed by atoms with Gasteiger partial charge >= 0.3 is 0 Å². The Morgan fingerprint density at radius 2 is 1.95 bits per heavy atom. The van der Waals surface area contributed by atoms with Gasteiger partial charge in [-0.3, -0.25) is 9.78 Å². The van der Waals surface area contributed by atoms with E-state index < -0.39 is 5.92 Å². The molecule has 4 heteroatoms. The first-order valence-electron chi connectivity index (χ1n) is 7.51. The number of carbonyl (C=O) groups is 1. The molecule has 0 saturated heterocycles. The summed E-state index contributed by atoms with van der Waals surface area (Å²) in [6, 6.07) is 13.3. The predicted octanol–water partition coefficient (Wildman–Crippen LogP) is 3.14. The van der Waals surface area contributed by atoms with Crippen LogP contribution in [-0.4, -0.2) is 24.0 Å². The van der Waals surface area contributed by atoms with Gasteiger partial charge < -0.3 is 10.1 Å². The van der Waals surface area contributed by atoms with Crippen molar-refractivity contribution in [2.24, 2.45) is 0 Å². The van der Waals surface area contributed by atoms with Crippen LogP contribution in [0.25, 0.3) is 0 Å². The number of amides is 1. The van der Waals surface area contributed by atoms with E-state index in [1.165, 1.54) is 0 Å². The second-order valence-electron chi connectivity index (χ2n) is 5.28. The van der Waals surface area contributed by atoms with Crippen molar-refractivity contribution in [3.63, 3.8) is 0 Å². The van der Waals surface area contributed by atoms with E-state index in [0.29, 0.717) is 0 Å². The van der Waals surface area contributed by atoms with Crippen LogP contribution >= 0.6 is 0 Å². The SMILES string of the molecule is CCC(C)NC(=O)C(c1ccc(OC)cc1)c1ccccn1. The van der Waals surface area contributed by atoms with Crippen molar-refractivity contribution >= 4 is 5.91 Å². The quantitative estimate of drug-likeness (QED) is 0.891. The van der Waals surface area contributed by atoms with Gasteiger partial charge in [0.15, 0.2) is 0 Å². The van der Waals surface area contributed by atoms with Gasteiger partial charge in [-0.15, -0.1) is 0 Å². The zero-order chi connectivity index (χ0) is 15.9. The molecule has 2 unspecified atom stereocenters. The number of ether oxygens (including phenoxy) is 1. The van der Waals surface area contributed by atoms with Gasteiger partial charge in [0.25, 0.3) is 0 Å². The molecule has 0 bridgehead atoms. The number of benzene rings is 1. The Morgan fingerprint density at radius 3 is 2.50 bits per heavy atom. The Labute approximate surface area is 131 Å². The lowest BCUT2D eigenvalue weighted by molar-refractivity contribution is -0.122. The molecule has 116 valence electrons. The molecule has 0 saturated carbocycles. The highest BCUT2D eigenvalue weighted by molar-refractivity contribution is 5.86. The zero-order valence-corrected chi connectivity index (χ0v) is 13.2. The van der Waals surface area contributed by atoms with E-state index in [0.717, 1.165) is 23.4 Å². The summed E-state index contributed by atoms with van der Waals surface area (Å²) in [7, 11) is 1.63. The predicted molar refractivity (Wildman–Crippen MR) is 87.0 cm³/mol. The fourth-order valence-electron chi connectivity index (χ4n) is 2.23. The van der Waals surface area contributed by atoms with E-state index in [1.54, 1.807) is 13.3 Å². The minimum absolute atomic E-state index is 0.0294. The highest BCUT2D eigenvalue weighted by Crippen LogP contribution is 2.25. The van der Waals surface area contributed by atoms with Gasteiger partial charge in [-0.25, -0.2) is 0 Å². The van der Waals surface area contributed by atoms with Crippen LogP contribution in [0.2, 0.25) is 0 Å². The van der Waals surface area contributed by atoms with E-state index >= 15 is 0 Å². The molecule has 0 radical (unpaired) electrons. The van der Waals surface area contributed by atoms with Crippen LogP contribution in [0.1, 0.15) is 37.4 Å². The molecule has 4 nitrogen and oxygen atoms in total. The molecule has 0 aliphatic carbocycles. The lowest BCUT2D eigenvalue weighted by Gasteiger charge is -2.20. The number of nitrogens with zero attached hydrogens (tertiary/aromatic N) is 1. The number of hydrogen-bond acceptors (Lipinski definition) is 3. The molecular formula is C18H22N2O2. The molecule has 1 N–H and O–H groups in total. The Morgan fingerprint density at radius 1 is 1.23 bits per heavy atom.